The summed E-state index contributed by atoms with van der Waals surface area (Å²) < 4.78 is 49.1. The zero-order valence-corrected chi connectivity index (χ0v) is 7.35. The van der Waals surface area contributed by atoms with Gasteiger partial charge in [-0.3, -0.25) is 15.1 Å². The quantitative estimate of drug-likeness (QED) is 0.583. The van der Waals surface area contributed by atoms with Crippen molar-refractivity contribution in [1.82, 2.24) is 5.73 Å². The molecule has 0 spiro atoms. The highest BCUT2D eigenvalue weighted by Crippen LogP contribution is 1.93. The van der Waals surface area contributed by atoms with Gasteiger partial charge in [-0.2, -0.15) is 8.42 Å². The Morgan fingerprint density at radius 3 is 1.83 bits per heavy atom. The summed E-state index contributed by atoms with van der Waals surface area (Å²) in [5.41, 5.74) is 6.18. The molecule has 7 nitrogen and oxygen atoms in total. The fourth-order valence-electron chi connectivity index (χ4n) is 0.308. The van der Waals surface area contributed by atoms with Crippen LogP contribution in [0.25, 0.3) is 0 Å². The van der Waals surface area contributed by atoms with Crippen molar-refractivity contribution >= 4 is 25.2 Å². The predicted octanol–water partition coefficient (Wildman–Crippen LogP) is -1.31. The van der Waals surface area contributed by atoms with Gasteiger partial charge in [0.15, 0.2) is 0 Å². The van der Waals surface area contributed by atoms with Crippen LogP contribution in [0.3, 0.4) is 0 Å². The maximum atomic E-state index is 10.5. The molecular weight excluding hydrogens is 210 g/mol. The van der Waals surface area contributed by atoms with Crippen LogP contribution >= 0.6 is 0 Å². The average Bonchev–Trinajstić information content (AvgIpc) is 1.82. The van der Waals surface area contributed by atoms with Crippen LogP contribution in [-0.2, 0) is 20.0 Å². The monoisotopic (exact) mass is 216 g/mol. The third kappa shape index (κ3) is 4.26. The fourth-order valence-corrected chi connectivity index (χ4v) is 2.21. The first kappa shape index (κ1) is 11.3. The lowest BCUT2D eigenvalue weighted by atomic mass is 11.0. The Balaban J connectivity index is 4.42. The van der Waals surface area contributed by atoms with Crippen LogP contribution in [0, 0.1) is 0 Å². The molecule has 0 aromatic heterocycles. The standard InChI is InChI=1S/C3H6NO6S2/c4-3(5)11(6,7)1-2-12(8,9)10/h4H,1-2H2,(H,8,9,10). The van der Waals surface area contributed by atoms with E-state index in [9.17, 15) is 21.6 Å². The van der Waals surface area contributed by atoms with Gasteiger partial charge in [0.05, 0.1) is 11.5 Å². The van der Waals surface area contributed by atoms with Crippen LogP contribution in [0.4, 0.5) is 4.79 Å². The highest BCUT2D eigenvalue weighted by molar-refractivity contribution is 8.06. The molecule has 0 rings (SSSR count). The van der Waals surface area contributed by atoms with E-state index in [1.807, 2.05) is 0 Å². The third-order valence-corrected chi connectivity index (χ3v) is 3.18. The second-order valence-corrected chi connectivity index (χ2v) is 5.47. The Morgan fingerprint density at radius 2 is 1.58 bits per heavy atom. The molecule has 9 heteroatoms. The van der Waals surface area contributed by atoms with E-state index >= 15 is 0 Å². The van der Waals surface area contributed by atoms with Crippen LogP contribution < -0.4 is 5.73 Å². The number of rotatable bonds is 3. The summed E-state index contributed by atoms with van der Waals surface area (Å²) in [4.78, 5) is 9.98. The first-order chi connectivity index (χ1) is 5.15. The van der Waals surface area contributed by atoms with E-state index in [0.717, 1.165) is 0 Å². The van der Waals surface area contributed by atoms with E-state index in [1.54, 1.807) is 0 Å². The summed E-state index contributed by atoms with van der Waals surface area (Å²) in [5.74, 6) is -2.13. The molecule has 0 aromatic rings. The van der Waals surface area contributed by atoms with Gasteiger partial charge in [0.25, 0.3) is 10.1 Å². The molecule has 12 heavy (non-hydrogen) atoms. The topological polar surface area (TPSA) is 129 Å². The van der Waals surface area contributed by atoms with Crippen LogP contribution in [0.1, 0.15) is 0 Å². The van der Waals surface area contributed by atoms with E-state index < -0.39 is 36.7 Å². The van der Waals surface area contributed by atoms with Crippen LogP contribution in [-0.4, -0.2) is 38.1 Å². The highest BCUT2D eigenvalue weighted by Gasteiger charge is 2.21. The minimum atomic E-state index is -4.41. The van der Waals surface area contributed by atoms with E-state index in [4.69, 9.17) is 10.3 Å². The third-order valence-electron chi connectivity index (χ3n) is 0.892. The molecule has 0 atom stereocenters. The van der Waals surface area contributed by atoms with Crippen LogP contribution in [0.15, 0.2) is 0 Å². The minimum Gasteiger partial charge on any atom is -0.286 e. The van der Waals surface area contributed by atoms with Gasteiger partial charge in [-0.05, 0) is 0 Å². The Labute approximate surface area is 69.2 Å². The Morgan fingerprint density at radius 1 is 1.17 bits per heavy atom. The molecule has 0 aliphatic rings. The van der Waals surface area contributed by atoms with Crippen molar-refractivity contribution < 1.29 is 26.2 Å². The lowest BCUT2D eigenvalue weighted by Gasteiger charge is -1.95. The molecule has 0 aliphatic carbocycles. The molecule has 0 aliphatic heterocycles. The van der Waals surface area contributed by atoms with Crippen molar-refractivity contribution in [2.45, 2.75) is 0 Å². The number of amides is 1. The molecule has 0 fully saturated rings. The zero-order valence-electron chi connectivity index (χ0n) is 5.72. The lowest BCUT2D eigenvalue weighted by molar-refractivity contribution is 0.264. The summed E-state index contributed by atoms with van der Waals surface area (Å²) in [7, 11) is -8.75. The predicted molar refractivity (Wildman–Crippen MR) is 38.7 cm³/mol. The Bertz CT molecular complexity index is 364. The molecule has 0 saturated heterocycles. The summed E-state index contributed by atoms with van der Waals surface area (Å²) in [6, 6.07) is 0. The number of carbonyl (C=O) groups excluding carboxylic acids is 1. The van der Waals surface area contributed by atoms with Gasteiger partial charge in [0.2, 0.25) is 9.84 Å². The number of hydrogen-bond donors (Lipinski definition) is 1. The van der Waals surface area contributed by atoms with Gasteiger partial charge in [-0.15, -0.1) is 0 Å². The number of carbonyl (C=O) groups is 1. The summed E-state index contributed by atoms with van der Waals surface area (Å²) in [5, 5.41) is -1.86. The van der Waals surface area contributed by atoms with Gasteiger partial charge in [0.1, 0.15) is 0 Å². The van der Waals surface area contributed by atoms with Crippen molar-refractivity contribution in [3.8, 4) is 0 Å². The molecule has 2 N–H and O–H groups in total. The van der Waals surface area contributed by atoms with Crippen molar-refractivity contribution in [2.75, 3.05) is 11.5 Å². The van der Waals surface area contributed by atoms with E-state index in [-0.39, 0.29) is 0 Å². The molecule has 71 valence electrons. The normalized spacial score (nSPS) is 12.8. The molecule has 1 radical (unpaired) electrons. The lowest BCUT2D eigenvalue weighted by Crippen LogP contribution is -2.22. The zero-order chi connectivity index (χ0) is 9.99. The first-order valence-electron chi connectivity index (χ1n) is 2.58. The molecule has 0 bridgehead atoms. The molecule has 0 heterocycles. The number of sulfone groups is 1. The van der Waals surface area contributed by atoms with Crippen LogP contribution in [0.2, 0.25) is 0 Å². The summed E-state index contributed by atoms with van der Waals surface area (Å²) in [6.07, 6.45) is 0. The van der Waals surface area contributed by atoms with Crippen molar-refractivity contribution in [3.63, 3.8) is 0 Å². The molecule has 0 saturated carbocycles. The number of hydrogen-bond acceptors (Lipinski definition) is 5. The fraction of sp³-hybridized carbons (Fsp3) is 0.667. The van der Waals surface area contributed by atoms with Gasteiger partial charge < -0.3 is 0 Å². The van der Waals surface area contributed by atoms with Gasteiger partial charge in [0, 0.05) is 0 Å². The maximum absolute atomic E-state index is 10.5. The van der Waals surface area contributed by atoms with Gasteiger partial charge >= 0.3 is 5.24 Å². The maximum Gasteiger partial charge on any atom is 0.354 e. The largest absolute Gasteiger partial charge is 0.354 e. The van der Waals surface area contributed by atoms with Crippen molar-refractivity contribution in [1.29, 1.82) is 0 Å². The van der Waals surface area contributed by atoms with E-state index in [1.165, 1.54) is 0 Å². The molecular formula is C3H6NO6S2. The molecule has 0 unspecified atom stereocenters. The second kappa shape index (κ2) is 3.37. The second-order valence-electron chi connectivity index (χ2n) is 1.89. The summed E-state index contributed by atoms with van der Waals surface area (Å²) in [6.45, 7) is 0. The first-order valence-corrected chi connectivity index (χ1v) is 5.85. The smallest absolute Gasteiger partial charge is 0.286 e. The SMILES string of the molecule is [NH]C(=O)S(=O)(=O)CCS(=O)(=O)O. The molecule has 0 aromatic carbocycles. The van der Waals surface area contributed by atoms with Crippen molar-refractivity contribution in [2.24, 2.45) is 0 Å². The molecule has 1 amide bonds. The van der Waals surface area contributed by atoms with Crippen LogP contribution in [0.5, 0.6) is 0 Å². The van der Waals surface area contributed by atoms with Gasteiger partial charge in [-0.1, -0.05) is 0 Å². The Hall–Kier alpha value is -0.670. The number of nitrogens with one attached hydrogen (secondary N) is 1. The van der Waals surface area contributed by atoms with E-state index in [2.05, 4.69) is 0 Å². The average molecular weight is 216 g/mol. The highest BCUT2D eigenvalue weighted by atomic mass is 32.2. The van der Waals surface area contributed by atoms with E-state index in [0.29, 0.717) is 0 Å². The minimum absolute atomic E-state index is 1.06. The summed E-state index contributed by atoms with van der Waals surface area (Å²) >= 11 is 0. The van der Waals surface area contributed by atoms with Crippen molar-refractivity contribution in [3.05, 3.63) is 0 Å². The Kier molecular flexibility index (Phi) is 3.18. The van der Waals surface area contributed by atoms with Gasteiger partial charge in [-0.25, -0.2) is 8.42 Å².